The van der Waals surface area contributed by atoms with E-state index in [-0.39, 0.29) is 12.1 Å². The summed E-state index contributed by atoms with van der Waals surface area (Å²) >= 11 is 0. The number of aromatic nitrogens is 2. The summed E-state index contributed by atoms with van der Waals surface area (Å²) in [4.78, 5) is 13.7. The molecular weight excluding hydrogens is 255 g/mol. The predicted molar refractivity (Wildman–Crippen MR) is 62.8 cm³/mol. The summed E-state index contributed by atoms with van der Waals surface area (Å²) in [6, 6.07) is 4.09. The first-order valence-corrected chi connectivity index (χ1v) is 5.56. The van der Waals surface area contributed by atoms with Gasteiger partial charge >= 0.3 is 5.69 Å². The van der Waals surface area contributed by atoms with E-state index < -0.39 is 16.4 Å². The van der Waals surface area contributed by atoms with Crippen molar-refractivity contribution < 1.29 is 13.8 Å². The topological polar surface area (TPSA) is 94.1 Å². The molecule has 0 aliphatic rings. The molecule has 0 amide bonds. The molecule has 0 fully saturated rings. The van der Waals surface area contributed by atoms with Gasteiger partial charge in [0.25, 0.3) is 0 Å². The van der Waals surface area contributed by atoms with E-state index in [4.69, 9.17) is 4.52 Å². The van der Waals surface area contributed by atoms with Gasteiger partial charge < -0.3 is 9.84 Å². The number of rotatable bonds is 6. The van der Waals surface area contributed by atoms with Gasteiger partial charge in [-0.15, -0.1) is 0 Å². The Labute approximate surface area is 107 Å². The van der Waals surface area contributed by atoms with Crippen molar-refractivity contribution in [2.75, 3.05) is 6.54 Å². The van der Waals surface area contributed by atoms with Crippen LogP contribution in [0.5, 0.6) is 0 Å². The second-order valence-corrected chi connectivity index (χ2v) is 3.77. The van der Waals surface area contributed by atoms with Gasteiger partial charge in [-0.3, -0.25) is 10.1 Å². The molecule has 100 valence electrons. The normalized spacial score (nSPS) is 10.6. The van der Waals surface area contributed by atoms with Gasteiger partial charge in [0.1, 0.15) is 0 Å². The van der Waals surface area contributed by atoms with E-state index in [2.05, 4.69) is 15.5 Å². The Balaban J connectivity index is 1.89. The van der Waals surface area contributed by atoms with Crippen molar-refractivity contribution in [3.63, 3.8) is 0 Å². The Bertz CT molecular complexity index is 559. The number of nitro benzene ring substituents is 1. The fourth-order valence-corrected chi connectivity index (χ4v) is 1.57. The van der Waals surface area contributed by atoms with Gasteiger partial charge in [0, 0.05) is 31.1 Å². The first kappa shape index (κ1) is 13.1. The van der Waals surface area contributed by atoms with Gasteiger partial charge in [0.05, 0.1) is 4.92 Å². The second-order valence-electron chi connectivity index (χ2n) is 3.77. The molecule has 1 aromatic heterocycles. The highest BCUT2D eigenvalue weighted by molar-refractivity contribution is 5.36. The monoisotopic (exact) mass is 266 g/mol. The molecule has 0 saturated carbocycles. The Morgan fingerprint density at radius 1 is 1.47 bits per heavy atom. The summed E-state index contributed by atoms with van der Waals surface area (Å²) in [5.74, 6) is -0.329. The summed E-state index contributed by atoms with van der Waals surface area (Å²) in [6.45, 7) is 0.700. The van der Waals surface area contributed by atoms with Crippen molar-refractivity contribution in [3.8, 4) is 0 Å². The molecule has 1 aromatic carbocycles. The fourth-order valence-electron chi connectivity index (χ4n) is 1.57. The molecule has 19 heavy (non-hydrogen) atoms. The largest absolute Gasteiger partial charge is 0.340 e. The smallest absolute Gasteiger partial charge is 0.305 e. The lowest BCUT2D eigenvalue weighted by Crippen LogP contribution is -2.17. The molecule has 1 heterocycles. The number of halogens is 1. The third-order valence-electron chi connectivity index (χ3n) is 2.49. The maximum Gasteiger partial charge on any atom is 0.305 e. The first-order chi connectivity index (χ1) is 9.18. The number of benzene rings is 1. The summed E-state index contributed by atoms with van der Waals surface area (Å²) in [7, 11) is 0. The molecule has 0 spiro atoms. The molecule has 0 unspecified atom stereocenters. The van der Waals surface area contributed by atoms with Crippen molar-refractivity contribution in [1.82, 2.24) is 15.5 Å². The number of hydrogen-bond donors (Lipinski definition) is 1. The second kappa shape index (κ2) is 6.01. The zero-order chi connectivity index (χ0) is 13.7. The average molecular weight is 266 g/mol. The highest BCUT2D eigenvalue weighted by Gasteiger charge is 2.16. The molecule has 0 aliphatic heterocycles. The maximum absolute atomic E-state index is 13.7. The van der Waals surface area contributed by atoms with Crippen molar-refractivity contribution in [3.05, 3.63) is 51.9 Å². The molecule has 0 saturated heterocycles. The van der Waals surface area contributed by atoms with Crippen LogP contribution in [0.2, 0.25) is 0 Å². The Morgan fingerprint density at radius 3 is 3.00 bits per heavy atom. The van der Waals surface area contributed by atoms with Crippen molar-refractivity contribution >= 4 is 5.69 Å². The summed E-state index contributed by atoms with van der Waals surface area (Å²) in [5.41, 5.74) is -0.268. The standard InChI is InChI=1S/C11H11FN4O3/c12-11-8(2-1-3-9(11)16(17)18)6-13-5-4-10-14-7-15-19-10/h1-3,7,13H,4-6H2. The van der Waals surface area contributed by atoms with Crippen LogP contribution in [-0.2, 0) is 13.0 Å². The molecule has 2 rings (SSSR count). The third-order valence-corrected chi connectivity index (χ3v) is 2.49. The van der Waals surface area contributed by atoms with Crippen LogP contribution < -0.4 is 5.32 Å². The van der Waals surface area contributed by atoms with E-state index in [1.54, 1.807) is 0 Å². The maximum atomic E-state index is 13.7. The summed E-state index contributed by atoms with van der Waals surface area (Å²) in [6.07, 6.45) is 1.81. The quantitative estimate of drug-likeness (QED) is 0.483. The van der Waals surface area contributed by atoms with Crippen LogP contribution in [0.3, 0.4) is 0 Å². The predicted octanol–water partition coefficient (Wildman–Crippen LogP) is 1.45. The molecule has 0 bridgehead atoms. The molecule has 1 N–H and O–H groups in total. The molecule has 0 atom stereocenters. The molecule has 2 aromatic rings. The van der Waals surface area contributed by atoms with E-state index >= 15 is 0 Å². The van der Waals surface area contributed by atoms with Gasteiger partial charge in [-0.1, -0.05) is 17.3 Å². The minimum atomic E-state index is -0.808. The lowest BCUT2D eigenvalue weighted by atomic mass is 10.2. The Kier molecular flexibility index (Phi) is 4.14. The fraction of sp³-hybridized carbons (Fsp3) is 0.273. The van der Waals surface area contributed by atoms with Gasteiger partial charge in [-0.05, 0) is 0 Å². The first-order valence-electron chi connectivity index (χ1n) is 5.56. The average Bonchev–Trinajstić information content (AvgIpc) is 2.89. The van der Waals surface area contributed by atoms with Crippen LogP contribution in [-0.4, -0.2) is 21.6 Å². The van der Waals surface area contributed by atoms with Gasteiger partial charge in [0.15, 0.2) is 6.33 Å². The summed E-state index contributed by atoms with van der Waals surface area (Å²) < 4.78 is 18.5. The zero-order valence-corrected chi connectivity index (χ0v) is 9.88. The minimum Gasteiger partial charge on any atom is -0.340 e. The number of nitrogens with one attached hydrogen (secondary N) is 1. The molecule has 7 nitrogen and oxygen atoms in total. The van der Waals surface area contributed by atoms with Gasteiger partial charge in [-0.25, -0.2) is 0 Å². The number of nitro groups is 1. The van der Waals surface area contributed by atoms with Gasteiger partial charge in [0.2, 0.25) is 11.7 Å². The molecule has 0 radical (unpaired) electrons. The van der Waals surface area contributed by atoms with E-state index in [1.807, 2.05) is 0 Å². The Hall–Kier alpha value is -2.35. The number of hydrogen-bond acceptors (Lipinski definition) is 6. The molecular formula is C11H11FN4O3. The van der Waals surface area contributed by atoms with Crippen LogP contribution in [0.1, 0.15) is 11.5 Å². The van der Waals surface area contributed by atoms with Crippen LogP contribution in [0.25, 0.3) is 0 Å². The third kappa shape index (κ3) is 3.32. The Morgan fingerprint density at radius 2 is 2.32 bits per heavy atom. The SMILES string of the molecule is O=[N+]([O-])c1cccc(CNCCc2ncno2)c1F. The van der Waals surface area contributed by atoms with Crippen molar-refractivity contribution in [1.29, 1.82) is 0 Å². The highest BCUT2D eigenvalue weighted by Crippen LogP contribution is 2.19. The van der Waals surface area contributed by atoms with Gasteiger partial charge in [-0.2, -0.15) is 9.37 Å². The van der Waals surface area contributed by atoms with Crippen LogP contribution >= 0.6 is 0 Å². The molecule has 0 aliphatic carbocycles. The van der Waals surface area contributed by atoms with Crippen molar-refractivity contribution in [2.24, 2.45) is 0 Å². The van der Waals surface area contributed by atoms with Crippen molar-refractivity contribution in [2.45, 2.75) is 13.0 Å². The van der Waals surface area contributed by atoms with Crippen LogP contribution in [0.4, 0.5) is 10.1 Å². The van der Waals surface area contributed by atoms with E-state index in [0.29, 0.717) is 18.9 Å². The van der Waals surface area contributed by atoms with E-state index in [0.717, 1.165) is 6.07 Å². The number of nitrogens with zero attached hydrogens (tertiary/aromatic N) is 3. The van der Waals surface area contributed by atoms with E-state index in [9.17, 15) is 14.5 Å². The molecule has 8 heteroatoms. The van der Waals surface area contributed by atoms with E-state index in [1.165, 1.54) is 18.5 Å². The lowest BCUT2D eigenvalue weighted by Gasteiger charge is -2.04. The highest BCUT2D eigenvalue weighted by atomic mass is 19.1. The van der Waals surface area contributed by atoms with Crippen LogP contribution in [0, 0.1) is 15.9 Å². The lowest BCUT2D eigenvalue weighted by molar-refractivity contribution is -0.387. The zero-order valence-electron chi connectivity index (χ0n) is 9.88. The van der Waals surface area contributed by atoms with Crippen LogP contribution in [0.15, 0.2) is 29.0 Å². The summed E-state index contributed by atoms with van der Waals surface area (Å²) in [5, 5.41) is 17.0. The minimum absolute atomic E-state index is 0.196.